The second-order valence-electron chi connectivity index (χ2n) is 6.01. The van der Waals surface area contributed by atoms with Crippen molar-refractivity contribution in [2.24, 2.45) is 0 Å². The van der Waals surface area contributed by atoms with E-state index in [1.54, 1.807) is 0 Å². The van der Waals surface area contributed by atoms with Gasteiger partial charge in [-0.15, -0.1) is 0 Å². The molecule has 4 nitrogen and oxygen atoms in total. The summed E-state index contributed by atoms with van der Waals surface area (Å²) < 4.78 is 0. The maximum Gasteiger partial charge on any atom is 0.0593 e. The van der Waals surface area contributed by atoms with Crippen molar-refractivity contribution in [1.29, 1.82) is 0 Å². The Hall–Kier alpha value is -1.13. The van der Waals surface area contributed by atoms with Crippen LogP contribution in [-0.4, -0.2) is 47.5 Å². The first-order valence-corrected chi connectivity index (χ1v) is 7.66. The van der Waals surface area contributed by atoms with E-state index < -0.39 is 0 Å². The Morgan fingerprint density at radius 3 is 2.60 bits per heavy atom. The Kier molecular flexibility index (Phi) is 5.00. The lowest BCUT2D eigenvalue weighted by Gasteiger charge is -2.36. The van der Waals surface area contributed by atoms with Crippen LogP contribution in [0.3, 0.4) is 0 Å². The second-order valence-corrected chi connectivity index (χ2v) is 6.01. The molecule has 1 aromatic rings. The van der Waals surface area contributed by atoms with Gasteiger partial charge in [0.05, 0.1) is 5.69 Å². The summed E-state index contributed by atoms with van der Waals surface area (Å²) in [7, 11) is 2.21. The lowest BCUT2D eigenvalue weighted by Crippen LogP contribution is -2.43. The molecule has 0 saturated carbocycles. The smallest absolute Gasteiger partial charge is 0.0593 e. The van der Waals surface area contributed by atoms with Crippen molar-refractivity contribution >= 4 is 5.69 Å². The van der Waals surface area contributed by atoms with Gasteiger partial charge in [-0.3, -0.25) is 9.88 Å². The first-order valence-electron chi connectivity index (χ1n) is 7.66. The molecule has 0 radical (unpaired) electrons. The minimum atomic E-state index is 0.668. The summed E-state index contributed by atoms with van der Waals surface area (Å²) in [6, 6.07) is 0.668. The highest BCUT2D eigenvalue weighted by atomic mass is 15.2. The number of aryl methyl sites for hydroxylation is 1. The lowest BCUT2D eigenvalue weighted by atomic mass is 10.0. The van der Waals surface area contributed by atoms with Crippen molar-refractivity contribution in [3.63, 3.8) is 0 Å². The second kappa shape index (κ2) is 6.55. The number of hydrogen-bond acceptors (Lipinski definition) is 4. The number of piperidine rings is 1. The van der Waals surface area contributed by atoms with Crippen LogP contribution in [0.4, 0.5) is 5.69 Å². The number of nitrogens with zero attached hydrogens (tertiary/aromatic N) is 3. The number of anilines is 1. The van der Waals surface area contributed by atoms with Crippen LogP contribution >= 0.6 is 0 Å². The van der Waals surface area contributed by atoms with E-state index in [1.165, 1.54) is 32.5 Å². The highest BCUT2D eigenvalue weighted by Crippen LogP contribution is 2.21. The molecule has 1 fully saturated rings. The van der Waals surface area contributed by atoms with E-state index in [1.807, 2.05) is 13.1 Å². The van der Waals surface area contributed by atoms with E-state index in [0.717, 1.165) is 29.1 Å². The van der Waals surface area contributed by atoms with Crippen LogP contribution in [0.25, 0.3) is 0 Å². The van der Waals surface area contributed by atoms with Gasteiger partial charge in [-0.05, 0) is 64.5 Å². The normalized spacial score (nSPS) is 17.9. The number of pyridine rings is 1. The largest absolute Gasteiger partial charge is 0.398 e. The molecule has 1 aliphatic rings. The van der Waals surface area contributed by atoms with Crippen molar-refractivity contribution in [1.82, 2.24) is 14.8 Å². The van der Waals surface area contributed by atoms with Gasteiger partial charge in [0.25, 0.3) is 0 Å². The van der Waals surface area contributed by atoms with Gasteiger partial charge in [-0.1, -0.05) is 6.92 Å². The minimum Gasteiger partial charge on any atom is -0.398 e. The Morgan fingerprint density at radius 1 is 1.35 bits per heavy atom. The van der Waals surface area contributed by atoms with Crippen LogP contribution in [0.2, 0.25) is 0 Å². The van der Waals surface area contributed by atoms with Gasteiger partial charge in [0.1, 0.15) is 0 Å². The molecule has 2 N–H and O–H groups in total. The van der Waals surface area contributed by atoms with Crippen molar-refractivity contribution < 1.29 is 0 Å². The molecule has 0 spiro atoms. The summed E-state index contributed by atoms with van der Waals surface area (Å²) in [6.45, 7) is 10.8. The van der Waals surface area contributed by atoms with Crippen molar-refractivity contribution in [2.45, 2.75) is 46.2 Å². The number of aromatic nitrogens is 1. The van der Waals surface area contributed by atoms with Gasteiger partial charge < -0.3 is 10.6 Å². The molecule has 4 heteroatoms. The average molecular weight is 276 g/mol. The molecule has 0 atom stereocenters. The predicted molar refractivity (Wildman–Crippen MR) is 84.7 cm³/mol. The van der Waals surface area contributed by atoms with Crippen LogP contribution in [0, 0.1) is 13.8 Å². The van der Waals surface area contributed by atoms with E-state index >= 15 is 0 Å². The summed E-state index contributed by atoms with van der Waals surface area (Å²) in [4.78, 5) is 9.54. The van der Waals surface area contributed by atoms with Crippen LogP contribution in [0.5, 0.6) is 0 Å². The molecule has 1 aliphatic heterocycles. The number of rotatable bonds is 4. The van der Waals surface area contributed by atoms with Gasteiger partial charge in [0.2, 0.25) is 0 Å². The molecule has 1 saturated heterocycles. The van der Waals surface area contributed by atoms with Gasteiger partial charge in [0.15, 0.2) is 0 Å². The summed E-state index contributed by atoms with van der Waals surface area (Å²) >= 11 is 0. The van der Waals surface area contributed by atoms with E-state index in [0.29, 0.717) is 6.04 Å². The van der Waals surface area contributed by atoms with Gasteiger partial charge in [0, 0.05) is 24.5 Å². The number of likely N-dealkylation sites (tertiary alicyclic amines) is 1. The Balaban J connectivity index is 1.98. The monoisotopic (exact) mass is 276 g/mol. The highest BCUT2D eigenvalue weighted by Gasteiger charge is 2.22. The van der Waals surface area contributed by atoms with Crippen molar-refractivity contribution in [3.05, 3.63) is 23.0 Å². The fourth-order valence-electron chi connectivity index (χ4n) is 2.99. The molecule has 112 valence electrons. The molecular formula is C16H28N4. The van der Waals surface area contributed by atoms with E-state index in [-0.39, 0.29) is 0 Å². The standard InChI is InChI=1S/C16H28N4/c1-5-20-8-6-14(7-9-20)19(4)11-15-13(3)16(17)12(2)10-18-15/h10,14H,5-9,11H2,1-4H3,(H2,17,18). The SMILES string of the molecule is CCN1CCC(N(C)Cc2ncc(C)c(N)c2C)CC1. The average Bonchev–Trinajstić information content (AvgIpc) is 2.48. The molecule has 0 aliphatic carbocycles. The molecule has 0 aromatic carbocycles. The molecular weight excluding hydrogens is 248 g/mol. The third-order valence-electron chi connectivity index (χ3n) is 4.70. The maximum atomic E-state index is 6.11. The zero-order valence-electron chi connectivity index (χ0n) is 13.3. The molecule has 20 heavy (non-hydrogen) atoms. The third-order valence-corrected chi connectivity index (χ3v) is 4.70. The lowest BCUT2D eigenvalue weighted by molar-refractivity contribution is 0.126. The van der Waals surface area contributed by atoms with E-state index in [4.69, 9.17) is 5.73 Å². The molecule has 1 aromatic heterocycles. The van der Waals surface area contributed by atoms with Crippen LogP contribution < -0.4 is 5.73 Å². The van der Waals surface area contributed by atoms with Gasteiger partial charge in [-0.25, -0.2) is 0 Å². The third kappa shape index (κ3) is 3.30. The van der Waals surface area contributed by atoms with E-state index in [9.17, 15) is 0 Å². The first kappa shape index (κ1) is 15.3. The Bertz CT molecular complexity index is 450. The van der Waals surface area contributed by atoms with Crippen molar-refractivity contribution in [3.8, 4) is 0 Å². The molecule has 0 unspecified atom stereocenters. The van der Waals surface area contributed by atoms with Crippen LogP contribution in [0.1, 0.15) is 36.6 Å². The molecule has 0 amide bonds. The number of nitrogen functional groups attached to an aromatic ring is 1. The van der Waals surface area contributed by atoms with Gasteiger partial charge in [-0.2, -0.15) is 0 Å². The quantitative estimate of drug-likeness (QED) is 0.915. The summed E-state index contributed by atoms with van der Waals surface area (Å²) in [5, 5.41) is 0. The molecule has 2 heterocycles. The Morgan fingerprint density at radius 2 is 2.00 bits per heavy atom. The zero-order valence-corrected chi connectivity index (χ0v) is 13.3. The zero-order chi connectivity index (χ0) is 14.7. The fourth-order valence-corrected chi connectivity index (χ4v) is 2.99. The predicted octanol–water partition coefficient (Wildman–Crippen LogP) is 2.20. The fraction of sp³-hybridized carbons (Fsp3) is 0.688. The molecule has 0 bridgehead atoms. The van der Waals surface area contributed by atoms with E-state index in [2.05, 4.69) is 35.7 Å². The highest BCUT2D eigenvalue weighted by molar-refractivity contribution is 5.53. The summed E-state index contributed by atoms with van der Waals surface area (Å²) in [5.74, 6) is 0. The van der Waals surface area contributed by atoms with Crippen LogP contribution in [-0.2, 0) is 6.54 Å². The molecule has 2 rings (SSSR count). The minimum absolute atomic E-state index is 0.668. The first-order chi connectivity index (χ1) is 9.52. The summed E-state index contributed by atoms with van der Waals surface area (Å²) in [6.07, 6.45) is 4.40. The Labute approximate surface area is 123 Å². The van der Waals surface area contributed by atoms with Crippen LogP contribution in [0.15, 0.2) is 6.20 Å². The maximum absolute atomic E-state index is 6.11. The van der Waals surface area contributed by atoms with Gasteiger partial charge >= 0.3 is 0 Å². The summed E-state index contributed by atoms with van der Waals surface area (Å²) in [5.41, 5.74) is 10.3. The topological polar surface area (TPSA) is 45.4 Å². The van der Waals surface area contributed by atoms with Crippen molar-refractivity contribution in [2.75, 3.05) is 32.4 Å². The number of hydrogen-bond donors (Lipinski definition) is 1. The number of nitrogens with two attached hydrogens (primary N) is 1.